The molecule has 1 saturated carbocycles. The monoisotopic (exact) mass is 372 g/mol. The number of carbonyl (C=O) groups is 2. The summed E-state index contributed by atoms with van der Waals surface area (Å²) in [6.45, 7) is 5.99. The predicted octanol–water partition coefficient (Wildman–Crippen LogP) is 3.74. The van der Waals surface area contributed by atoms with E-state index in [0.29, 0.717) is 12.1 Å². The Hall–Kier alpha value is -2.50. The van der Waals surface area contributed by atoms with Crippen molar-refractivity contribution in [3.8, 4) is 0 Å². The number of rotatable bonds is 6. The van der Waals surface area contributed by atoms with Crippen molar-refractivity contribution >= 4 is 11.9 Å². The van der Waals surface area contributed by atoms with Crippen LogP contribution in [0.5, 0.6) is 0 Å². The molecule has 2 heterocycles. The van der Waals surface area contributed by atoms with Crippen molar-refractivity contribution in [3.63, 3.8) is 0 Å². The molecular formula is C21H28N2O4. The summed E-state index contributed by atoms with van der Waals surface area (Å²) in [6.07, 6.45) is 6.32. The van der Waals surface area contributed by atoms with E-state index in [1.165, 1.54) is 6.42 Å². The SMILES string of the molecule is Cc1cc(C(=O)O[C@@H](C)C(=O)NC2CCCCC2)c(C)n1Cc1ccco1. The zero-order valence-electron chi connectivity index (χ0n) is 16.3. The van der Waals surface area contributed by atoms with Crippen molar-refractivity contribution in [1.29, 1.82) is 0 Å². The van der Waals surface area contributed by atoms with Gasteiger partial charge in [-0.2, -0.15) is 0 Å². The molecule has 0 spiro atoms. The smallest absolute Gasteiger partial charge is 0.340 e. The molecule has 1 aliphatic rings. The van der Waals surface area contributed by atoms with Crippen LogP contribution in [-0.2, 0) is 16.1 Å². The number of esters is 1. The van der Waals surface area contributed by atoms with E-state index < -0.39 is 12.1 Å². The van der Waals surface area contributed by atoms with Crippen LogP contribution in [0.15, 0.2) is 28.9 Å². The fraction of sp³-hybridized carbons (Fsp3) is 0.524. The third kappa shape index (κ3) is 4.62. The Balaban J connectivity index is 1.62. The molecular weight excluding hydrogens is 344 g/mol. The third-order valence-electron chi connectivity index (χ3n) is 5.29. The van der Waals surface area contributed by atoms with E-state index in [9.17, 15) is 9.59 Å². The van der Waals surface area contributed by atoms with Crippen molar-refractivity contribution in [1.82, 2.24) is 9.88 Å². The maximum atomic E-state index is 12.6. The quantitative estimate of drug-likeness (QED) is 0.784. The van der Waals surface area contributed by atoms with Crippen LogP contribution >= 0.6 is 0 Å². The molecule has 146 valence electrons. The maximum absolute atomic E-state index is 12.6. The minimum atomic E-state index is -0.812. The van der Waals surface area contributed by atoms with Crippen molar-refractivity contribution < 1.29 is 18.7 Å². The summed E-state index contributed by atoms with van der Waals surface area (Å²) < 4.78 is 12.8. The molecule has 1 atom stereocenters. The first-order valence-electron chi connectivity index (χ1n) is 9.66. The van der Waals surface area contributed by atoms with E-state index in [0.717, 1.165) is 42.8 Å². The lowest BCUT2D eigenvalue weighted by molar-refractivity contribution is -0.130. The van der Waals surface area contributed by atoms with Crippen LogP contribution in [0, 0.1) is 13.8 Å². The molecule has 6 heteroatoms. The molecule has 0 bridgehead atoms. The van der Waals surface area contributed by atoms with Gasteiger partial charge < -0.3 is 19.0 Å². The van der Waals surface area contributed by atoms with Crippen LogP contribution in [0.4, 0.5) is 0 Å². The van der Waals surface area contributed by atoms with Gasteiger partial charge in [0.15, 0.2) is 6.10 Å². The molecule has 1 amide bonds. The van der Waals surface area contributed by atoms with Gasteiger partial charge in [-0.05, 0) is 51.8 Å². The van der Waals surface area contributed by atoms with Gasteiger partial charge in [-0.1, -0.05) is 19.3 Å². The van der Waals surface area contributed by atoms with Gasteiger partial charge in [-0.15, -0.1) is 0 Å². The Bertz CT molecular complexity index is 785. The maximum Gasteiger partial charge on any atom is 0.340 e. The number of aromatic nitrogens is 1. The third-order valence-corrected chi connectivity index (χ3v) is 5.29. The summed E-state index contributed by atoms with van der Waals surface area (Å²) in [5, 5.41) is 3.00. The van der Waals surface area contributed by atoms with Crippen molar-refractivity contribution in [3.05, 3.63) is 47.2 Å². The van der Waals surface area contributed by atoms with Crippen LogP contribution in [-0.4, -0.2) is 28.6 Å². The lowest BCUT2D eigenvalue weighted by Gasteiger charge is -2.24. The van der Waals surface area contributed by atoms with Crippen molar-refractivity contribution in [2.75, 3.05) is 0 Å². The summed E-state index contributed by atoms with van der Waals surface area (Å²) in [6, 6.07) is 5.73. The van der Waals surface area contributed by atoms with Crippen LogP contribution in [0.1, 0.15) is 66.5 Å². The first-order chi connectivity index (χ1) is 13.0. The first-order valence-corrected chi connectivity index (χ1v) is 9.66. The van der Waals surface area contributed by atoms with Gasteiger partial charge in [0.05, 0.1) is 18.4 Å². The molecule has 0 aromatic carbocycles. The summed E-state index contributed by atoms with van der Waals surface area (Å²) in [7, 11) is 0. The molecule has 3 rings (SSSR count). The average molecular weight is 372 g/mol. The van der Waals surface area contributed by atoms with Gasteiger partial charge in [0.1, 0.15) is 5.76 Å². The second-order valence-corrected chi connectivity index (χ2v) is 7.34. The van der Waals surface area contributed by atoms with Crippen molar-refractivity contribution in [2.45, 2.75) is 71.6 Å². The highest BCUT2D eigenvalue weighted by Gasteiger charge is 2.25. The fourth-order valence-corrected chi connectivity index (χ4v) is 3.65. The van der Waals surface area contributed by atoms with Crippen molar-refractivity contribution in [2.24, 2.45) is 0 Å². The second kappa shape index (κ2) is 8.46. The largest absolute Gasteiger partial charge is 0.467 e. The molecule has 1 fully saturated rings. The van der Waals surface area contributed by atoms with Crippen LogP contribution in [0.3, 0.4) is 0 Å². The van der Waals surface area contributed by atoms with Gasteiger partial charge in [0.2, 0.25) is 0 Å². The highest BCUT2D eigenvalue weighted by atomic mass is 16.5. The number of hydrogen-bond acceptors (Lipinski definition) is 4. The first kappa shape index (κ1) is 19.3. The Morgan fingerprint density at radius 2 is 2.04 bits per heavy atom. The number of ether oxygens (including phenoxy) is 1. The number of furan rings is 1. The van der Waals surface area contributed by atoms with Gasteiger partial charge >= 0.3 is 5.97 Å². The molecule has 1 aliphatic carbocycles. The zero-order chi connectivity index (χ0) is 19.4. The number of amides is 1. The Labute approximate surface area is 159 Å². The van der Waals surface area contributed by atoms with Crippen LogP contribution < -0.4 is 5.32 Å². The summed E-state index contributed by atoms with van der Waals surface area (Å²) in [5.41, 5.74) is 2.22. The highest BCUT2D eigenvalue weighted by Crippen LogP contribution is 2.20. The van der Waals surface area contributed by atoms with Gasteiger partial charge in [0.25, 0.3) is 5.91 Å². The van der Waals surface area contributed by atoms with E-state index in [-0.39, 0.29) is 11.9 Å². The minimum Gasteiger partial charge on any atom is -0.467 e. The zero-order valence-corrected chi connectivity index (χ0v) is 16.3. The molecule has 0 aliphatic heterocycles. The van der Waals surface area contributed by atoms with E-state index >= 15 is 0 Å². The van der Waals surface area contributed by atoms with E-state index in [2.05, 4.69) is 5.32 Å². The number of nitrogens with one attached hydrogen (secondary N) is 1. The number of aryl methyl sites for hydroxylation is 1. The van der Waals surface area contributed by atoms with Crippen LogP contribution in [0.2, 0.25) is 0 Å². The second-order valence-electron chi connectivity index (χ2n) is 7.34. The van der Waals surface area contributed by atoms with E-state index in [1.54, 1.807) is 19.3 Å². The Kier molecular flexibility index (Phi) is 6.04. The standard InChI is InChI=1S/C21H28N2O4/c1-14-12-19(15(2)23(14)13-18-10-7-11-26-18)21(25)27-16(3)20(24)22-17-8-5-4-6-9-17/h7,10-12,16-17H,4-6,8-9,13H2,1-3H3,(H,22,24)/t16-/m0/s1. The molecule has 1 N–H and O–H groups in total. The van der Waals surface area contributed by atoms with Gasteiger partial charge in [-0.3, -0.25) is 4.79 Å². The van der Waals surface area contributed by atoms with Gasteiger partial charge in [0, 0.05) is 17.4 Å². The number of nitrogens with zero attached hydrogens (tertiary/aromatic N) is 1. The number of hydrogen-bond donors (Lipinski definition) is 1. The molecule has 0 radical (unpaired) electrons. The Morgan fingerprint density at radius 1 is 1.30 bits per heavy atom. The van der Waals surface area contributed by atoms with Gasteiger partial charge in [-0.25, -0.2) is 4.79 Å². The molecule has 0 saturated heterocycles. The average Bonchev–Trinajstić information content (AvgIpc) is 3.26. The predicted molar refractivity (Wildman–Crippen MR) is 102 cm³/mol. The molecule has 27 heavy (non-hydrogen) atoms. The van der Waals surface area contributed by atoms with E-state index in [1.807, 2.05) is 30.5 Å². The number of carbonyl (C=O) groups excluding carboxylic acids is 2. The molecule has 6 nitrogen and oxygen atoms in total. The summed E-state index contributed by atoms with van der Waals surface area (Å²) in [5.74, 6) is 0.122. The summed E-state index contributed by atoms with van der Waals surface area (Å²) in [4.78, 5) is 24.9. The highest BCUT2D eigenvalue weighted by molar-refractivity contribution is 5.93. The fourth-order valence-electron chi connectivity index (χ4n) is 3.65. The molecule has 2 aromatic heterocycles. The molecule has 0 unspecified atom stereocenters. The lowest BCUT2D eigenvalue weighted by atomic mass is 9.95. The summed E-state index contributed by atoms with van der Waals surface area (Å²) >= 11 is 0. The Morgan fingerprint density at radius 3 is 2.70 bits per heavy atom. The van der Waals surface area contributed by atoms with E-state index in [4.69, 9.17) is 9.15 Å². The topological polar surface area (TPSA) is 73.5 Å². The lowest BCUT2D eigenvalue weighted by Crippen LogP contribution is -2.42. The normalized spacial score (nSPS) is 16.1. The minimum absolute atomic E-state index is 0.200. The van der Waals surface area contributed by atoms with Crippen LogP contribution in [0.25, 0.3) is 0 Å². The molecule has 2 aromatic rings.